The van der Waals surface area contributed by atoms with Crippen molar-refractivity contribution < 1.29 is 8.63 Å². The van der Waals surface area contributed by atoms with Crippen LogP contribution in [0.5, 0.6) is 0 Å². The second-order valence-electron chi connectivity index (χ2n) is 7.39. The van der Waals surface area contributed by atoms with Crippen LogP contribution in [-0.4, -0.2) is 9.19 Å². The fourth-order valence-electron chi connectivity index (χ4n) is 4.04. The monoisotopic (exact) mass is 419 g/mol. The summed E-state index contributed by atoms with van der Waals surface area (Å²) < 4.78 is 19.3. The van der Waals surface area contributed by atoms with E-state index in [9.17, 15) is 4.21 Å². The molecule has 2 heterocycles. The lowest BCUT2D eigenvalue weighted by Crippen LogP contribution is -1.93. The average molecular weight is 420 g/mol. The summed E-state index contributed by atoms with van der Waals surface area (Å²) in [5, 5.41) is 2.07. The molecule has 4 aromatic rings. The highest BCUT2D eigenvalue weighted by molar-refractivity contribution is 7.85. The molecule has 6 rings (SSSR count). The molecule has 4 heteroatoms. The summed E-state index contributed by atoms with van der Waals surface area (Å²) in [7, 11) is -1.22. The lowest BCUT2D eigenvalue weighted by atomic mass is 9.99. The first-order valence-corrected chi connectivity index (χ1v) is 11.2. The van der Waals surface area contributed by atoms with Crippen molar-refractivity contribution in [1.29, 1.82) is 0 Å². The molecular formula is C27H17NO2S. The molecule has 0 saturated heterocycles. The lowest BCUT2D eigenvalue weighted by Gasteiger charge is -2.11. The van der Waals surface area contributed by atoms with Gasteiger partial charge in [0.1, 0.15) is 11.3 Å². The predicted octanol–water partition coefficient (Wildman–Crippen LogP) is 6.92. The topological polar surface area (TPSA) is 43.1 Å². The van der Waals surface area contributed by atoms with Crippen molar-refractivity contribution in [2.75, 3.05) is 0 Å². The van der Waals surface area contributed by atoms with E-state index in [2.05, 4.69) is 6.07 Å². The highest BCUT2D eigenvalue weighted by atomic mass is 32.2. The summed E-state index contributed by atoms with van der Waals surface area (Å²) in [5.74, 6) is 0.777. The molecule has 1 unspecified atom stereocenters. The maximum absolute atomic E-state index is 12.9. The highest BCUT2D eigenvalue weighted by Gasteiger charge is 2.23. The molecule has 0 bridgehead atoms. The number of hydrogen-bond donors (Lipinski definition) is 0. The first kappa shape index (κ1) is 18.0. The summed E-state index contributed by atoms with van der Waals surface area (Å²) in [6.07, 6.45) is 0. The molecule has 1 atom stereocenters. The van der Waals surface area contributed by atoms with E-state index in [1.165, 1.54) is 0 Å². The van der Waals surface area contributed by atoms with E-state index in [0.717, 1.165) is 54.2 Å². The number of fused-ring (bicyclic) bond motifs is 5. The van der Waals surface area contributed by atoms with Gasteiger partial charge in [0.05, 0.1) is 27.6 Å². The van der Waals surface area contributed by atoms with E-state index in [4.69, 9.17) is 9.40 Å². The fraction of sp³-hybridized carbons (Fsp3) is 0. The van der Waals surface area contributed by atoms with Crippen LogP contribution >= 0.6 is 0 Å². The van der Waals surface area contributed by atoms with E-state index >= 15 is 0 Å². The zero-order valence-corrected chi connectivity index (χ0v) is 17.3. The second kappa shape index (κ2) is 7.18. The van der Waals surface area contributed by atoms with Gasteiger partial charge in [-0.1, -0.05) is 60.7 Å². The highest BCUT2D eigenvalue weighted by Crippen LogP contribution is 2.43. The molecule has 0 radical (unpaired) electrons. The van der Waals surface area contributed by atoms with Gasteiger partial charge in [-0.3, -0.25) is 0 Å². The van der Waals surface area contributed by atoms with Crippen molar-refractivity contribution in [2.45, 2.75) is 9.79 Å². The van der Waals surface area contributed by atoms with Crippen molar-refractivity contribution in [1.82, 2.24) is 4.98 Å². The van der Waals surface area contributed by atoms with Crippen LogP contribution in [0.1, 0.15) is 0 Å². The third-order valence-electron chi connectivity index (χ3n) is 5.51. The summed E-state index contributed by atoms with van der Waals surface area (Å²) in [4.78, 5) is 6.46. The third-order valence-corrected chi connectivity index (χ3v) is 6.91. The molecule has 0 spiro atoms. The number of hydrogen-bond acceptors (Lipinski definition) is 3. The normalized spacial score (nSPS) is 12.5. The van der Waals surface area contributed by atoms with Gasteiger partial charge < -0.3 is 4.42 Å². The Balaban J connectivity index is 1.54. The van der Waals surface area contributed by atoms with Gasteiger partial charge in [0.25, 0.3) is 0 Å². The molecule has 2 aliphatic rings. The number of rotatable bonds is 3. The number of nitrogens with zero attached hydrogens (tertiary/aromatic N) is 1. The van der Waals surface area contributed by atoms with E-state index in [1.54, 1.807) is 0 Å². The predicted molar refractivity (Wildman–Crippen MR) is 125 cm³/mol. The summed E-state index contributed by atoms with van der Waals surface area (Å²) in [6.45, 7) is 0. The molecule has 2 aliphatic heterocycles. The second-order valence-corrected chi connectivity index (χ2v) is 8.87. The molecule has 148 valence electrons. The maximum atomic E-state index is 12.9. The van der Waals surface area contributed by atoms with Crippen molar-refractivity contribution in [3.63, 3.8) is 0 Å². The zero-order valence-electron chi connectivity index (χ0n) is 16.5. The first-order valence-electron chi connectivity index (χ1n) is 10.1. The van der Waals surface area contributed by atoms with Crippen LogP contribution < -0.4 is 0 Å². The number of para-hydroxylation sites is 2. The minimum absolute atomic E-state index is 0.762. The SMILES string of the molecule is O=S(c1ccccc1)c1ccc(-c2oc3ccccc3c3nc4ccccc4c2-3)cc1. The molecular weight excluding hydrogens is 402 g/mol. The van der Waals surface area contributed by atoms with E-state index in [1.807, 2.05) is 97.1 Å². The van der Waals surface area contributed by atoms with Gasteiger partial charge in [-0.15, -0.1) is 0 Å². The molecule has 0 aromatic heterocycles. The van der Waals surface area contributed by atoms with E-state index in [-0.39, 0.29) is 0 Å². The van der Waals surface area contributed by atoms with Gasteiger partial charge >= 0.3 is 0 Å². The van der Waals surface area contributed by atoms with Crippen LogP contribution in [-0.2, 0) is 10.8 Å². The van der Waals surface area contributed by atoms with Crippen LogP contribution in [0, 0.1) is 0 Å². The van der Waals surface area contributed by atoms with Crippen molar-refractivity contribution in [3.8, 4) is 22.6 Å². The Kier molecular flexibility index (Phi) is 4.18. The Hall–Kier alpha value is -3.76. The Bertz CT molecular complexity index is 1540. The van der Waals surface area contributed by atoms with Crippen LogP contribution in [0.25, 0.3) is 44.5 Å². The molecule has 0 N–H and O–H groups in total. The van der Waals surface area contributed by atoms with Crippen molar-refractivity contribution >= 4 is 32.7 Å². The first-order chi connectivity index (χ1) is 15.3. The van der Waals surface area contributed by atoms with Gasteiger partial charge in [0, 0.05) is 26.1 Å². The van der Waals surface area contributed by atoms with Gasteiger partial charge in [-0.2, -0.15) is 0 Å². The average Bonchev–Trinajstić information content (AvgIpc) is 3.24. The number of benzene rings is 4. The fourth-order valence-corrected chi connectivity index (χ4v) is 5.10. The maximum Gasteiger partial charge on any atom is 0.144 e. The minimum atomic E-state index is -1.22. The van der Waals surface area contributed by atoms with Crippen molar-refractivity contribution in [3.05, 3.63) is 103 Å². The third kappa shape index (κ3) is 2.95. The van der Waals surface area contributed by atoms with E-state index in [0.29, 0.717) is 0 Å². The summed E-state index contributed by atoms with van der Waals surface area (Å²) in [5.41, 5.74) is 4.63. The smallest absolute Gasteiger partial charge is 0.144 e. The van der Waals surface area contributed by atoms with Crippen LogP contribution in [0.2, 0.25) is 0 Å². The zero-order chi connectivity index (χ0) is 20.8. The quantitative estimate of drug-likeness (QED) is 0.313. The molecule has 0 saturated carbocycles. The van der Waals surface area contributed by atoms with Gasteiger partial charge in [0.15, 0.2) is 0 Å². The van der Waals surface area contributed by atoms with Crippen LogP contribution in [0.4, 0.5) is 0 Å². The van der Waals surface area contributed by atoms with Gasteiger partial charge in [0.2, 0.25) is 0 Å². The Labute approximate surface area is 181 Å². The molecule has 31 heavy (non-hydrogen) atoms. The lowest BCUT2D eigenvalue weighted by molar-refractivity contribution is 0.622. The summed E-state index contributed by atoms with van der Waals surface area (Å²) in [6, 6.07) is 33.4. The van der Waals surface area contributed by atoms with Crippen molar-refractivity contribution in [2.24, 2.45) is 0 Å². The standard InChI is InChI=1S/C27H17NO2S/c29-31(19-8-2-1-3-9-19)20-16-14-18(15-17-20)27-25-21-10-4-6-12-23(21)28-26(25)22-11-5-7-13-24(22)30-27/h1-17H. The Morgan fingerprint density at radius 3 is 2.10 bits per heavy atom. The largest absolute Gasteiger partial charge is 0.455 e. The molecule has 0 fully saturated rings. The minimum Gasteiger partial charge on any atom is -0.455 e. The number of aromatic nitrogens is 1. The Morgan fingerprint density at radius 1 is 0.645 bits per heavy atom. The molecule has 4 aromatic carbocycles. The summed E-state index contributed by atoms with van der Waals surface area (Å²) >= 11 is 0. The molecule has 3 nitrogen and oxygen atoms in total. The van der Waals surface area contributed by atoms with E-state index < -0.39 is 10.8 Å². The van der Waals surface area contributed by atoms with Gasteiger partial charge in [-0.05, 0) is 42.5 Å². The Morgan fingerprint density at radius 2 is 1.29 bits per heavy atom. The van der Waals surface area contributed by atoms with Crippen LogP contribution in [0.15, 0.2) is 117 Å². The molecule has 0 amide bonds. The van der Waals surface area contributed by atoms with Crippen LogP contribution in [0.3, 0.4) is 0 Å². The molecule has 0 aliphatic carbocycles. The van der Waals surface area contributed by atoms with Gasteiger partial charge in [-0.25, -0.2) is 9.19 Å².